The van der Waals surface area contributed by atoms with E-state index in [0.29, 0.717) is 11.3 Å². The van der Waals surface area contributed by atoms with Crippen molar-refractivity contribution in [1.29, 1.82) is 0 Å². The molecule has 2 atom stereocenters. The van der Waals surface area contributed by atoms with Crippen molar-refractivity contribution < 1.29 is 14.6 Å². The highest BCUT2D eigenvalue weighted by Gasteiger charge is 2.22. The van der Waals surface area contributed by atoms with Crippen molar-refractivity contribution in [2.75, 3.05) is 0 Å². The fourth-order valence-electron chi connectivity index (χ4n) is 1.82. The maximum absolute atomic E-state index is 12.0. The van der Waals surface area contributed by atoms with Crippen molar-refractivity contribution in [3.05, 3.63) is 29.3 Å². The molecular weight excluding hydrogens is 254 g/mol. The summed E-state index contributed by atoms with van der Waals surface area (Å²) in [5.41, 5.74) is 1.44. The summed E-state index contributed by atoms with van der Waals surface area (Å²) < 4.78 is 5.70. The number of aryl methyl sites for hydroxylation is 1. The number of benzene rings is 1. The molecule has 2 N–H and O–H groups in total. The molecule has 1 rings (SSSR count). The van der Waals surface area contributed by atoms with Gasteiger partial charge in [-0.15, -0.1) is 0 Å². The van der Waals surface area contributed by atoms with Crippen LogP contribution in [0.3, 0.4) is 0 Å². The highest BCUT2D eigenvalue weighted by molar-refractivity contribution is 5.81. The van der Waals surface area contributed by atoms with Crippen molar-refractivity contribution in [2.24, 2.45) is 0 Å². The number of aliphatic hydroxyl groups is 1. The van der Waals surface area contributed by atoms with Gasteiger partial charge in [-0.25, -0.2) is 0 Å². The van der Waals surface area contributed by atoms with Gasteiger partial charge in [-0.1, -0.05) is 11.6 Å². The number of carbonyl (C=O) groups excluding carboxylic acids is 1. The fraction of sp³-hybridized carbons (Fsp3) is 0.562. The zero-order valence-electron chi connectivity index (χ0n) is 13.2. The standard InChI is InChI=1S/C16H25NO3/c1-10-7-8-14(13(9-10)11(2)18)20-12(3)15(19)17-16(4,5)6/h7-9,11-12,18H,1-6H3,(H,17,19). The Labute approximate surface area is 121 Å². The average Bonchev–Trinajstić information content (AvgIpc) is 2.28. The van der Waals surface area contributed by atoms with Gasteiger partial charge in [0.25, 0.3) is 5.91 Å². The van der Waals surface area contributed by atoms with Crippen LogP contribution in [0.15, 0.2) is 18.2 Å². The Balaban J connectivity index is 2.85. The van der Waals surface area contributed by atoms with Gasteiger partial charge in [0.05, 0.1) is 6.10 Å². The monoisotopic (exact) mass is 279 g/mol. The lowest BCUT2D eigenvalue weighted by molar-refractivity contribution is -0.128. The Bertz CT molecular complexity index is 475. The number of ether oxygens (including phenoxy) is 1. The molecule has 0 fully saturated rings. The Morgan fingerprint density at radius 2 is 1.90 bits per heavy atom. The second-order valence-electron chi connectivity index (χ2n) is 6.22. The molecule has 4 nitrogen and oxygen atoms in total. The van der Waals surface area contributed by atoms with Gasteiger partial charge in [0.15, 0.2) is 6.10 Å². The van der Waals surface area contributed by atoms with E-state index in [-0.39, 0.29) is 11.4 Å². The Kier molecular flexibility index (Phi) is 5.17. The zero-order valence-corrected chi connectivity index (χ0v) is 13.2. The molecule has 1 aromatic rings. The Hall–Kier alpha value is -1.55. The SMILES string of the molecule is Cc1ccc(OC(C)C(=O)NC(C)(C)C)c(C(C)O)c1. The van der Waals surface area contributed by atoms with Gasteiger partial charge in [0.2, 0.25) is 0 Å². The van der Waals surface area contributed by atoms with Crippen LogP contribution in [0.5, 0.6) is 5.75 Å². The van der Waals surface area contributed by atoms with Crippen LogP contribution in [-0.4, -0.2) is 22.7 Å². The van der Waals surface area contributed by atoms with Gasteiger partial charge < -0.3 is 15.2 Å². The van der Waals surface area contributed by atoms with Crippen molar-refractivity contribution >= 4 is 5.91 Å². The molecule has 0 aromatic heterocycles. The van der Waals surface area contributed by atoms with Crippen LogP contribution in [0.4, 0.5) is 0 Å². The molecule has 4 heteroatoms. The van der Waals surface area contributed by atoms with E-state index >= 15 is 0 Å². The van der Waals surface area contributed by atoms with E-state index in [1.54, 1.807) is 19.9 Å². The Morgan fingerprint density at radius 1 is 1.30 bits per heavy atom. The second kappa shape index (κ2) is 6.27. The molecule has 0 radical (unpaired) electrons. The molecule has 1 aromatic carbocycles. The van der Waals surface area contributed by atoms with Crippen LogP contribution in [0.1, 0.15) is 51.8 Å². The van der Waals surface area contributed by atoms with Crippen molar-refractivity contribution in [1.82, 2.24) is 5.32 Å². The van der Waals surface area contributed by atoms with Gasteiger partial charge in [0, 0.05) is 11.1 Å². The summed E-state index contributed by atoms with van der Waals surface area (Å²) >= 11 is 0. The molecule has 20 heavy (non-hydrogen) atoms. The molecule has 0 saturated carbocycles. The summed E-state index contributed by atoms with van der Waals surface area (Å²) in [5, 5.41) is 12.7. The largest absolute Gasteiger partial charge is 0.481 e. The van der Waals surface area contributed by atoms with Crippen molar-refractivity contribution in [3.8, 4) is 5.75 Å². The van der Waals surface area contributed by atoms with E-state index < -0.39 is 12.2 Å². The van der Waals surface area contributed by atoms with Crippen LogP contribution >= 0.6 is 0 Å². The maximum atomic E-state index is 12.0. The number of carbonyl (C=O) groups is 1. The lowest BCUT2D eigenvalue weighted by Gasteiger charge is -2.24. The summed E-state index contributed by atoms with van der Waals surface area (Å²) in [5.74, 6) is 0.372. The molecule has 0 aliphatic rings. The first-order chi connectivity index (χ1) is 9.10. The highest BCUT2D eigenvalue weighted by Crippen LogP contribution is 2.27. The summed E-state index contributed by atoms with van der Waals surface area (Å²) in [7, 11) is 0. The molecule has 2 unspecified atom stereocenters. The first-order valence-electron chi connectivity index (χ1n) is 6.87. The minimum absolute atomic E-state index is 0.172. The predicted octanol–water partition coefficient (Wildman–Crippen LogP) is 2.73. The average molecular weight is 279 g/mol. The molecule has 0 saturated heterocycles. The zero-order chi connectivity index (χ0) is 15.5. The third-order valence-corrected chi connectivity index (χ3v) is 2.79. The van der Waals surface area contributed by atoms with E-state index in [0.717, 1.165) is 5.56 Å². The van der Waals surface area contributed by atoms with E-state index in [1.807, 2.05) is 39.8 Å². The van der Waals surface area contributed by atoms with Gasteiger partial charge in [-0.2, -0.15) is 0 Å². The van der Waals surface area contributed by atoms with Crippen LogP contribution in [0.25, 0.3) is 0 Å². The molecule has 0 bridgehead atoms. The van der Waals surface area contributed by atoms with Crippen LogP contribution < -0.4 is 10.1 Å². The second-order valence-corrected chi connectivity index (χ2v) is 6.22. The maximum Gasteiger partial charge on any atom is 0.261 e. The Morgan fingerprint density at radius 3 is 2.40 bits per heavy atom. The smallest absolute Gasteiger partial charge is 0.261 e. The van der Waals surface area contributed by atoms with Crippen molar-refractivity contribution in [2.45, 2.75) is 59.3 Å². The number of rotatable bonds is 4. The van der Waals surface area contributed by atoms with E-state index in [4.69, 9.17) is 4.74 Å². The summed E-state index contributed by atoms with van der Waals surface area (Å²) in [6, 6.07) is 5.56. The number of hydrogen-bond donors (Lipinski definition) is 2. The summed E-state index contributed by atoms with van der Waals surface area (Å²) in [6.07, 6.45) is -1.25. The van der Waals surface area contributed by atoms with Gasteiger partial charge >= 0.3 is 0 Å². The van der Waals surface area contributed by atoms with Gasteiger partial charge in [0.1, 0.15) is 5.75 Å². The molecule has 112 valence electrons. The van der Waals surface area contributed by atoms with Crippen LogP contribution in [0.2, 0.25) is 0 Å². The van der Waals surface area contributed by atoms with Crippen molar-refractivity contribution in [3.63, 3.8) is 0 Å². The lowest BCUT2D eigenvalue weighted by atomic mass is 10.1. The first-order valence-corrected chi connectivity index (χ1v) is 6.87. The molecule has 1 amide bonds. The molecule has 0 aliphatic heterocycles. The topological polar surface area (TPSA) is 58.6 Å². The van der Waals surface area contributed by atoms with Gasteiger partial charge in [-0.05, 0) is 53.7 Å². The van der Waals surface area contributed by atoms with Gasteiger partial charge in [-0.3, -0.25) is 4.79 Å². The third kappa shape index (κ3) is 4.85. The number of aliphatic hydroxyl groups excluding tert-OH is 1. The third-order valence-electron chi connectivity index (χ3n) is 2.79. The normalized spacial score (nSPS) is 14.6. The molecule has 0 heterocycles. The van der Waals surface area contributed by atoms with E-state index in [2.05, 4.69) is 5.32 Å². The fourth-order valence-corrected chi connectivity index (χ4v) is 1.82. The van der Waals surface area contributed by atoms with E-state index in [1.165, 1.54) is 0 Å². The number of hydrogen-bond acceptors (Lipinski definition) is 3. The minimum atomic E-state index is -0.636. The van der Waals surface area contributed by atoms with Crippen LogP contribution in [0, 0.1) is 6.92 Å². The predicted molar refractivity (Wildman–Crippen MR) is 79.8 cm³/mol. The molecular formula is C16H25NO3. The quantitative estimate of drug-likeness (QED) is 0.891. The number of amides is 1. The highest BCUT2D eigenvalue weighted by atomic mass is 16.5. The number of nitrogens with one attached hydrogen (secondary N) is 1. The minimum Gasteiger partial charge on any atom is -0.481 e. The van der Waals surface area contributed by atoms with E-state index in [9.17, 15) is 9.90 Å². The van der Waals surface area contributed by atoms with Crippen LogP contribution in [-0.2, 0) is 4.79 Å². The molecule has 0 aliphatic carbocycles. The first kappa shape index (κ1) is 16.5. The molecule has 0 spiro atoms. The summed E-state index contributed by atoms with van der Waals surface area (Å²) in [4.78, 5) is 12.0. The lowest BCUT2D eigenvalue weighted by Crippen LogP contribution is -2.46. The summed E-state index contributed by atoms with van der Waals surface area (Å²) in [6.45, 7) is 11.1.